The molecular formula is C25H15F3N6O4. The summed E-state index contributed by atoms with van der Waals surface area (Å²) < 4.78 is 47.5. The summed E-state index contributed by atoms with van der Waals surface area (Å²) in [5.41, 5.74) is -0.821. The minimum absolute atomic E-state index is 0.00575. The number of carbonyl (C=O) groups excluding carboxylic acids is 1. The average Bonchev–Trinajstić information content (AvgIpc) is 3.33. The van der Waals surface area contributed by atoms with Gasteiger partial charge in [-0.3, -0.25) is 19.9 Å². The van der Waals surface area contributed by atoms with Crippen molar-refractivity contribution in [1.29, 1.82) is 0 Å². The van der Waals surface area contributed by atoms with E-state index in [1.807, 2.05) is 0 Å². The van der Waals surface area contributed by atoms with Crippen LogP contribution in [0.1, 0.15) is 22.5 Å². The van der Waals surface area contributed by atoms with E-state index < -0.39 is 28.8 Å². The molecule has 38 heavy (non-hydrogen) atoms. The number of non-ortho nitro benzene ring substituents is 1. The van der Waals surface area contributed by atoms with Gasteiger partial charge in [0.15, 0.2) is 5.65 Å². The Balaban J connectivity index is 1.52. The van der Waals surface area contributed by atoms with Crippen molar-refractivity contribution in [1.82, 2.24) is 19.6 Å². The number of amides is 1. The van der Waals surface area contributed by atoms with Gasteiger partial charge in [0.2, 0.25) is 0 Å². The molecule has 5 aromatic rings. The highest BCUT2D eigenvalue weighted by atomic mass is 19.3. The summed E-state index contributed by atoms with van der Waals surface area (Å²) in [7, 11) is 0. The van der Waals surface area contributed by atoms with Gasteiger partial charge in [0.05, 0.1) is 34.8 Å². The summed E-state index contributed by atoms with van der Waals surface area (Å²) >= 11 is 0. The number of nitro benzene ring substituents is 1. The number of fused-ring (bicyclic) bond motifs is 1. The summed E-state index contributed by atoms with van der Waals surface area (Å²) in [5, 5.41) is 17.8. The van der Waals surface area contributed by atoms with Crippen LogP contribution in [0.3, 0.4) is 0 Å². The molecule has 0 saturated heterocycles. The largest absolute Gasteiger partial charge is 0.455 e. The minimum atomic E-state index is -2.96. The van der Waals surface area contributed by atoms with Crippen molar-refractivity contribution in [2.45, 2.75) is 6.43 Å². The van der Waals surface area contributed by atoms with Crippen LogP contribution >= 0.6 is 0 Å². The molecule has 1 amide bonds. The molecule has 2 aromatic carbocycles. The maximum absolute atomic E-state index is 13.8. The predicted octanol–water partition coefficient (Wildman–Crippen LogP) is 5.82. The Labute approximate surface area is 211 Å². The van der Waals surface area contributed by atoms with Gasteiger partial charge in [0.1, 0.15) is 28.6 Å². The van der Waals surface area contributed by atoms with E-state index in [9.17, 15) is 28.1 Å². The fourth-order valence-electron chi connectivity index (χ4n) is 3.63. The van der Waals surface area contributed by atoms with Crippen LogP contribution in [0.4, 0.5) is 24.5 Å². The van der Waals surface area contributed by atoms with Crippen molar-refractivity contribution in [2.75, 3.05) is 5.32 Å². The van der Waals surface area contributed by atoms with E-state index in [-0.39, 0.29) is 34.0 Å². The molecule has 1 N–H and O–H groups in total. The zero-order chi connectivity index (χ0) is 26.8. The monoisotopic (exact) mass is 520 g/mol. The topological polar surface area (TPSA) is 125 Å². The number of hydrogen-bond donors (Lipinski definition) is 1. The molecule has 0 spiro atoms. The smallest absolute Gasteiger partial charge is 0.280 e. The predicted molar refractivity (Wildman–Crippen MR) is 129 cm³/mol. The normalized spacial score (nSPS) is 11.1. The van der Waals surface area contributed by atoms with E-state index in [1.165, 1.54) is 36.7 Å². The van der Waals surface area contributed by atoms with Crippen molar-refractivity contribution in [3.63, 3.8) is 0 Å². The molecule has 10 nitrogen and oxygen atoms in total. The molecule has 0 aliphatic carbocycles. The molecule has 13 heteroatoms. The number of carbonyl (C=O) groups is 1. The lowest BCUT2D eigenvalue weighted by Crippen LogP contribution is -2.13. The Morgan fingerprint density at radius 2 is 1.84 bits per heavy atom. The fourth-order valence-corrected chi connectivity index (χ4v) is 3.63. The van der Waals surface area contributed by atoms with Crippen molar-refractivity contribution in [2.24, 2.45) is 0 Å². The number of aromatic nitrogens is 4. The number of pyridine rings is 1. The molecule has 3 heterocycles. The third-order valence-electron chi connectivity index (χ3n) is 5.34. The van der Waals surface area contributed by atoms with Crippen LogP contribution in [-0.4, -0.2) is 30.4 Å². The van der Waals surface area contributed by atoms with E-state index in [0.717, 1.165) is 35.0 Å². The lowest BCUT2D eigenvalue weighted by atomic mass is 10.1. The highest BCUT2D eigenvalue weighted by molar-refractivity contribution is 6.08. The van der Waals surface area contributed by atoms with E-state index in [1.54, 1.807) is 12.1 Å². The van der Waals surface area contributed by atoms with Gasteiger partial charge in [-0.1, -0.05) is 0 Å². The van der Waals surface area contributed by atoms with Crippen LogP contribution in [0.2, 0.25) is 0 Å². The molecule has 3 aromatic heterocycles. The van der Waals surface area contributed by atoms with Gasteiger partial charge in [-0.2, -0.15) is 5.10 Å². The first kappa shape index (κ1) is 24.4. The molecule has 0 saturated carbocycles. The van der Waals surface area contributed by atoms with Crippen LogP contribution in [0.5, 0.6) is 11.5 Å². The number of benzene rings is 2. The zero-order valence-corrected chi connectivity index (χ0v) is 19.1. The van der Waals surface area contributed by atoms with Crippen molar-refractivity contribution in [3.8, 4) is 22.8 Å². The second-order valence-electron chi connectivity index (χ2n) is 7.89. The number of hydrogen-bond acceptors (Lipinski definition) is 7. The maximum Gasteiger partial charge on any atom is 0.280 e. The zero-order valence-electron chi connectivity index (χ0n) is 19.1. The van der Waals surface area contributed by atoms with E-state index >= 15 is 0 Å². The molecular weight excluding hydrogens is 505 g/mol. The summed E-state index contributed by atoms with van der Waals surface area (Å²) in [6, 6.07) is 13.0. The van der Waals surface area contributed by atoms with E-state index in [0.29, 0.717) is 11.3 Å². The number of nitro groups is 1. The highest BCUT2D eigenvalue weighted by Gasteiger charge is 2.22. The summed E-state index contributed by atoms with van der Waals surface area (Å²) in [6.45, 7) is 0. The molecule has 0 aliphatic rings. The van der Waals surface area contributed by atoms with Crippen LogP contribution in [0, 0.1) is 15.9 Å². The number of rotatable bonds is 7. The van der Waals surface area contributed by atoms with Crippen molar-refractivity contribution >= 4 is 22.9 Å². The van der Waals surface area contributed by atoms with Gasteiger partial charge in [0.25, 0.3) is 18.0 Å². The number of nitrogens with one attached hydrogen (secondary N) is 1. The summed E-state index contributed by atoms with van der Waals surface area (Å²) in [5.74, 6) is -0.960. The van der Waals surface area contributed by atoms with Crippen LogP contribution < -0.4 is 10.1 Å². The van der Waals surface area contributed by atoms with Gasteiger partial charge >= 0.3 is 0 Å². The number of nitrogens with zero attached hydrogens (tertiary/aromatic N) is 5. The van der Waals surface area contributed by atoms with Gasteiger partial charge < -0.3 is 10.1 Å². The first-order chi connectivity index (χ1) is 18.3. The Bertz CT molecular complexity index is 1660. The molecule has 0 atom stereocenters. The van der Waals surface area contributed by atoms with E-state index in [4.69, 9.17) is 4.74 Å². The number of alkyl halides is 2. The summed E-state index contributed by atoms with van der Waals surface area (Å²) in [6.07, 6.45) is 1.03. The third kappa shape index (κ3) is 4.97. The first-order valence-corrected chi connectivity index (χ1v) is 10.9. The molecule has 0 bridgehead atoms. The Morgan fingerprint density at radius 1 is 1.05 bits per heavy atom. The second-order valence-corrected chi connectivity index (χ2v) is 7.89. The SMILES string of the molecule is O=C(Nc1cc(Oc2cccnc2)cc([N+](=O)[O-])c1)c1cnn2c(C(F)F)cc(-c3ccc(F)cc3)nc12. The first-order valence-electron chi connectivity index (χ1n) is 10.9. The van der Waals surface area contributed by atoms with Gasteiger partial charge in [-0.05, 0) is 42.5 Å². The molecule has 0 radical (unpaired) electrons. The Kier molecular flexibility index (Phi) is 6.39. The number of anilines is 1. The molecule has 0 aliphatic heterocycles. The third-order valence-corrected chi connectivity index (χ3v) is 5.34. The average molecular weight is 520 g/mol. The standard InChI is InChI=1S/C25H15F3N6O4/c26-15-5-3-14(4-6-15)21-11-22(23(27)28)33-24(32-21)20(13-30-33)25(35)31-16-8-17(34(36)37)10-19(9-16)38-18-2-1-7-29-12-18/h1-13,23H,(H,31,35). The lowest BCUT2D eigenvalue weighted by molar-refractivity contribution is -0.384. The second kappa shape index (κ2) is 9.97. The van der Waals surface area contributed by atoms with Crippen LogP contribution in [0.15, 0.2) is 79.3 Å². The molecule has 0 unspecified atom stereocenters. The Morgan fingerprint density at radius 3 is 2.53 bits per heavy atom. The molecule has 190 valence electrons. The maximum atomic E-state index is 13.8. The Hall–Kier alpha value is -5.33. The molecule has 5 rings (SSSR count). The van der Waals surface area contributed by atoms with Crippen LogP contribution in [-0.2, 0) is 0 Å². The minimum Gasteiger partial charge on any atom is -0.455 e. The van der Waals surface area contributed by atoms with Crippen LogP contribution in [0.25, 0.3) is 16.9 Å². The lowest BCUT2D eigenvalue weighted by Gasteiger charge is -2.10. The van der Waals surface area contributed by atoms with E-state index in [2.05, 4.69) is 20.4 Å². The van der Waals surface area contributed by atoms with Crippen molar-refractivity contribution in [3.05, 3.63) is 106 Å². The van der Waals surface area contributed by atoms with Crippen molar-refractivity contribution < 1.29 is 27.6 Å². The quantitative estimate of drug-likeness (QED) is 0.212. The number of halogens is 3. The molecule has 0 fully saturated rings. The fraction of sp³-hybridized carbons (Fsp3) is 0.0400. The highest BCUT2D eigenvalue weighted by Crippen LogP contribution is 2.31. The number of ether oxygens (including phenoxy) is 1. The van der Waals surface area contributed by atoms with Gasteiger partial charge in [-0.15, -0.1) is 0 Å². The van der Waals surface area contributed by atoms with Gasteiger partial charge in [0, 0.05) is 23.9 Å². The summed E-state index contributed by atoms with van der Waals surface area (Å²) in [4.78, 5) is 32.2. The van der Waals surface area contributed by atoms with Gasteiger partial charge in [-0.25, -0.2) is 22.7 Å².